The quantitative estimate of drug-likeness (QED) is 0.291. The molecule has 0 aliphatic carbocycles. The fraction of sp³-hybridized carbons (Fsp3) is 0.733. The van der Waals surface area contributed by atoms with Crippen LogP contribution in [0.5, 0.6) is 0 Å². The maximum atomic E-state index is 11.4. The van der Waals surface area contributed by atoms with Crippen LogP contribution in [-0.4, -0.2) is 45.8 Å². The van der Waals surface area contributed by atoms with Gasteiger partial charge in [-0.15, -0.1) is 21.5 Å². The Bertz CT molecular complexity index is 639. The molecular weight excluding hydrogens is 364 g/mol. The first-order chi connectivity index (χ1) is 12.0. The molecule has 2 amide bonds. The minimum Gasteiger partial charge on any atom is -0.332 e. The molecule has 3 atom stereocenters. The van der Waals surface area contributed by atoms with Crippen LogP contribution in [0.3, 0.4) is 0 Å². The Labute approximate surface area is 154 Å². The van der Waals surface area contributed by atoms with E-state index in [9.17, 15) is 14.9 Å². The third-order valence-electron chi connectivity index (χ3n) is 4.53. The lowest BCUT2D eigenvalue weighted by molar-refractivity contribution is -0.757. The van der Waals surface area contributed by atoms with Gasteiger partial charge in [0.2, 0.25) is 0 Å². The molecule has 10 heteroatoms. The summed E-state index contributed by atoms with van der Waals surface area (Å²) in [5.41, 5.74) is 0.945. The van der Waals surface area contributed by atoms with E-state index in [0.717, 1.165) is 47.0 Å². The molecule has 3 heterocycles. The van der Waals surface area contributed by atoms with E-state index in [1.807, 2.05) is 18.7 Å². The average molecular weight is 386 g/mol. The van der Waals surface area contributed by atoms with Gasteiger partial charge in [0.25, 0.3) is 5.09 Å². The van der Waals surface area contributed by atoms with Crippen LogP contribution in [0.25, 0.3) is 0 Å². The van der Waals surface area contributed by atoms with Crippen molar-refractivity contribution in [1.82, 2.24) is 15.6 Å². The first kappa shape index (κ1) is 18.2. The van der Waals surface area contributed by atoms with Crippen molar-refractivity contribution in [3.63, 3.8) is 0 Å². The van der Waals surface area contributed by atoms with E-state index >= 15 is 0 Å². The van der Waals surface area contributed by atoms with Gasteiger partial charge in [-0.25, -0.2) is 9.78 Å². The topological polar surface area (TPSA) is 106 Å². The van der Waals surface area contributed by atoms with E-state index < -0.39 is 5.09 Å². The molecule has 2 N–H and O–H groups in total. The number of thioether (sulfide) groups is 1. The molecule has 25 heavy (non-hydrogen) atoms. The van der Waals surface area contributed by atoms with Gasteiger partial charge in [-0.2, -0.15) is 11.8 Å². The van der Waals surface area contributed by atoms with Crippen molar-refractivity contribution >= 4 is 29.1 Å². The summed E-state index contributed by atoms with van der Waals surface area (Å²) >= 11 is 3.57. The summed E-state index contributed by atoms with van der Waals surface area (Å²) in [4.78, 5) is 31.6. The zero-order valence-corrected chi connectivity index (χ0v) is 15.7. The smallest absolute Gasteiger partial charge is 0.315 e. The molecular formula is C15H22N4O4S2. The Hall–Kier alpha value is -1.55. The summed E-state index contributed by atoms with van der Waals surface area (Å²) in [7, 11) is 0. The minimum atomic E-state index is -0.759. The van der Waals surface area contributed by atoms with E-state index in [-0.39, 0.29) is 24.7 Å². The van der Waals surface area contributed by atoms with Crippen LogP contribution in [0, 0.1) is 17.0 Å². The molecule has 3 rings (SSSR count). The van der Waals surface area contributed by atoms with Gasteiger partial charge in [-0.1, -0.05) is 6.42 Å². The lowest BCUT2D eigenvalue weighted by Crippen LogP contribution is -2.36. The number of carbonyl (C=O) groups excluding carboxylic acids is 1. The molecule has 0 saturated carbocycles. The van der Waals surface area contributed by atoms with Crippen LogP contribution in [-0.2, 0) is 17.7 Å². The van der Waals surface area contributed by atoms with Gasteiger partial charge < -0.3 is 15.5 Å². The number of nitrogens with one attached hydrogen (secondary N) is 2. The number of rotatable bonds is 9. The average Bonchev–Trinajstić information content (AvgIpc) is 3.19. The van der Waals surface area contributed by atoms with E-state index in [2.05, 4.69) is 20.5 Å². The monoisotopic (exact) mass is 386 g/mol. The molecule has 2 aliphatic heterocycles. The van der Waals surface area contributed by atoms with Crippen LogP contribution in [0.1, 0.15) is 34.8 Å². The fourth-order valence-electron chi connectivity index (χ4n) is 3.30. The predicted molar refractivity (Wildman–Crippen MR) is 96.5 cm³/mol. The zero-order valence-electron chi connectivity index (χ0n) is 14.0. The molecule has 1 aromatic heterocycles. The van der Waals surface area contributed by atoms with Gasteiger partial charge in [0.15, 0.2) is 0 Å². The number of carbonyl (C=O) groups is 1. The van der Waals surface area contributed by atoms with Gasteiger partial charge in [0.1, 0.15) is 6.61 Å². The summed E-state index contributed by atoms with van der Waals surface area (Å²) in [6, 6.07) is 0.521. The maximum absolute atomic E-state index is 11.4. The highest BCUT2D eigenvalue weighted by Gasteiger charge is 2.42. The molecule has 0 radical (unpaired) electrons. The highest BCUT2D eigenvalue weighted by molar-refractivity contribution is 8.00. The molecule has 3 unspecified atom stereocenters. The highest BCUT2D eigenvalue weighted by atomic mass is 32.2. The molecule has 8 nitrogen and oxygen atoms in total. The number of thiazole rings is 1. The van der Waals surface area contributed by atoms with Crippen molar-refractivity contribution in [1.29, 1.82) is 0 Å². The number of aryl methyl sites for hydroxylation is 2. The van der Waals surface area contributed by atoms with Gasteiger partial charge in [-0.05, 0) is 26.2 Å². The Morgan fingerprint density at radius 1 is 1.36 bits per heavy atom. The standard InChI is InChI=1S/C15H22N4O4S2/c1-9-11(6-7-23-19(21)22)25-13(16-9)5-3-2-4-12-14-10(8-24-12)17-15(20)18-14/h10,12,14H,2-8H2,1H3,(H2,17,18,20). The molecule has 0 bridgehead atoms. The summed E-state index contributed by atoms with van der Waals surface area (Å²) in [5.74, 6) is 0.995. The molecule has 2 fully saturated rings. The fourth-order valence-corrected chi connectivity index (χ4v) is 5.94. The first-order valence-corrected chi connectivity index (χ1v) is 10.3. The minimum absolute atomic E-state index is 0.0350. The normalized spacial score (nSPS) is 24.7. The molecule has 1 aromatic rings. The van der Waals surface area contributed by atoms with Gasteiger partial charge >= 0.3 is 6.03 Å². The second kappa shape index (κ2) is 8.22. The van der Waals surface area contributed by atoms with E-state index in [1.54, 1.807) is 11.3 Å². The van der Waals surface area contributed by atoms with Crippen LogP contribution < -0.4 is 10.6 Å². The molecule has 138 valence electrons. The van der Waals surface area contributed by atoms with Crippen molar-refractivity contribution in [3.8, 4) is 0 Å². The number of unbranched alkanes of at least 4 members (excludes halogenated alkanes) is 1. The van der Waals surface area contributed by atoms with Crippen LogP contribution in [0.4, 0.5) is 4.79 Å². The summed E-state index contributed by atoms with van der Waals surface area (Å²) in [6.07, 6.45) is 4.72. The van der Waals surface area contributed by atoms with E-state index in [0.29, 0.717) is 11.7 Å². The van der Waals surface area contributed by atoms with Crippen LogP contribution >= 0.6 is 23.1 Å². The number of amides is 2. The zero-order chi connectivity index (χ0) is 17.8. The third kappa shape index (κ3) is 4.75. The Kier molecular flexibility index (Phi) is 6.00. The number of nitrogens with zero attached hydrogens (tertiary/aromatic N) is 2. The van der Waals surface area contributed by atoms with E-state index in [4.69, 9.17) is 0 Å². The molecule has 2 saturated heterocycles. The van der Waals surface area contributed by atoms with Crippen molar-refractivity contribution in [2.75, 3.05) is 12.4 Å². The number of hydrogen-bond acceptors (Lipinski definition) is 7. The van der Waals surface area contributed by atoms with E-state index in [1.165, 1.54) is 0 Å². The van der Waals surface area contributed by atoms with Gasteiger partial charge in [0, 0.05) is 22.3 Å². The summed E-state index contributed by atoms with van der Waals surface area (Å²) in [6.45, 7) is 2.02. The van der Waals surface area contributed by atoms with Gasteiger partial charge in [-0.3, -0.25) is 0 Å². The third-order valence-corrected chi connectivity index (χ3v) is 7.32. The van der Waals surface area contributed by atoms with Crippen molar-refractivity contribution in [3.05, 3.63) is 25.7 Å². The largest absolute Gasteiger partial charge is 0.332 e. The van der Waals surface area contributed by atoms with Gasteiger partial charge in [0.05, 0.1) is 22.8 Å². The molecule has 0 aromatic carbocycles. The number of fused-ring (bicyclic) bond motifs is 1. The lowest BCUT2D eigenvalue weighted by Gasteiger charge is -2.16. The lowest BCUT2D eigenvalue weighted by atomic mass is 10.0. The molecule has 2 aliphatic rings. The summed E-state index contributed by atoms with van der Waals surface area (Å²) in [5, 5.41) is 17.0. The second-order valence-corrected chi connectivity index (χ2v) is 8.73. The van der Waals surface area contributed by atoms with Crippen LogP contribution in [0.2, 0.25) is 0 Å². The van der Waals surface area contributed by atoms with Crippen molar-refractivity contribution in [2.24, 2.45) is 0 Å². The Morgan fingerprint density at radius 2 is 2.20 bits per heavy atom. The van der Waals surface area contributed by atoms with Crippen molar-refractivity contribution in [2.45, 2.75) is 56.4 Å². The number of urea groups is 1. The summed E-state index contributed by atoms with van der Waals surface area (Å²) < 4.78 is 0. The SMILES string of the molecule is Cc1nc(CCCCC2SCC3NC(=O)NC32)sc1CCO[N+](=O)[O-]. The number of hydrogen-bond donors (Lipinski definition) is 2. The highest BCUT2D eigenvalue weighted by Crippen LogP contribution is 2.33. The second-order valence-electron chi connectivity index (χ2n) is 6.29. The first-order valence-electron chi connectivity index (χ1n) is 8.44. The van der Waals surface area contributed by atoms with Crippen LogP contribution in [0.15, 0.2) is 0 Å². The molecule has 0 spiro atoms. The number of aromatic nitrogens is 1. The maximum Gasteiger partial charge on any atom is 0.315 e. The van der Waals surface area contributed by atoms with Crippen molar-refractivity contribution < 1.29 is 14.7 Å². The Balaban J connectivity index is 1.38. The predicted octanol–water partition coefficient (Wildman–Crippen LogP) is 2.08. The Morgan fingerprint density at radius 3 is 3.00 bits per heavy atom.